The third-order valence-corrected chi connectivity index (χ3v) is 5.06. The van der Waals surface area contributed by atoms with Gasteiger partial charge in [0.15, 0.2) is 0 Å². The summed E-state index contributed by atoms with van der Waals surface area (Å²) < 4.78 is 0. The van der Waals surface area contributed by atoms with Crippen molar-refractivity contribution in [2.24, 2.45) is 11.3 Å². The van der Waals surface area contributed by atoms with Crippen LogP contribution in [0.1, 0.15) is 72.6 Å². The van der Waals surface area contributed by atoms with Gasteiger partial charge < -0.3 is 9.80 Å². The van der Waals surface area contributed by atoms with Crippen LogP contribution in [0, 0.1) is 11.3 Å². The quantitative estimate of drug-likeness (QED) is 0.572. The van der Waals surface area contributed by atoms with Gasteiger partial charge >= 0.3 is 0 Å². The molecule has 1 fully saturated rings. The molecule has 2 nitrogen and oxygen atoms in total. The van der Waals surface area contributed by atoms with Crippen molar-refractivity contribution in [2.45, 2.75) is 72.6 Å². The smallest absolute Gasteiger partial charge is 0.0110 e. The fourth-order valence-electron chi connectivity index (χ4n) is 3.21. The molecule has 0 aromatic rings. The molecule has 21 heavy (non-hydrogen) atoms. The van der Waals surface area contributed by atoms with E-state index in [1.165, 1.54) is 77.7 Å². The van der Waals surface area contributed by atoms with E-state index in [0.29, 0.717) is 5.41 Å². The van der Waals surface area contributed by atoms with Crippen LogP contribution in [0.15, 0.2) is 0 Å². The van der Waals surface area contributed by atoms with Crippen LogP contribution in [-0.2, 0) is 0 Å². The molecule has 0 aromatic carbocycles. The van der Waals surface area contributed by atoms with Gasteiger partial charge in [-0.15, -0.1) is 0 Å². The maximum atomic E-state index is 2.65. The molecular weight excluding hydrogens is 256 g/mol. The van der Waals surface area contributed by atoms with E-state index in [1.807, 2.05) is 0 Å². The second-order valence-corrected chi connectivity index (χ2v) is 8.37. The Morgan fingerprint density at radius 3 is 2.14 bits per heavy atom. The Bertz CT molecular complexity index is 249. The van der Waals surface area contributed by atoms with Crippen molar-refractivity contribution in [3.63, 3.8) is 0 Å². The average molecular weight is 297 g/mol. The minimum Gasteiger partial charge on any atom is -0.304 e. The van der Waals surface area contributed by atoms with E-state index in [9.17, 15) is 0 Å². The van der Waals surface area contributed by atoms with Crippen LogP contribution < -0.4 is 0 Å². The van der Waals surface area contributed by atoms with Gasteiger partial charge in [-0.2, -0.15) is 0 Å². The van der Waals surface area contributed by atoms with Crippen molar-refractivity contribution in [3.8, 4) is 0 Å². The van der Waals surface area contributed by atoms with E-state index in [0.717, 1.165) is 5.92 Å². The number of piperazine rings is 1. The molecule has 0 saturated carbocycles. The van der Waals surface area contributed by atoms with Crippen molar-refractivity contribution in [1.82, 2.24) is 9.80 Å². The Morgan fingerprint density at radius 2 is 1.57 bits per heavy atom. The van der Waals surface area contributed by atoms with Crippen LogP contribution >= 0.6 is 0 Å². The largest absolute Gasteiger partial charge is 0.304 e. The summed E-state index contributed by atoms with van der Waals surface area (Å²) >= 11 is 0. The normalized spacial score (nSPS) is 19.9. The SMILES string of the molecule is CC[C@@H](CCCCCN1CCN(C)CC1)CCC(C)(C)C. The van der Waals surface area contributed by atoms with Crippen LogP contribution in [0.2, 0.25) is 0 Å². The highest BCUT2D eigenvalue weighted by Gasteiger charge is 2.15. The third-order valence-electron chi connectivity index (χ3n) is 5.06. The molecule has 0 amide bonds. The van der Waals surface area contributed by atoms with Crippen LogP contribution in [0.3, 0.4) is 0 Å². The van der Waals surface area contributed by atoms with Gasteiger partial charge in [0.1, 0.15) is 0 Å². The summed E-state index contributed by atoms with van der Waals surface area (Å²) in [5, 5.41) is 0. The van der Waals surface area contributed by atoms with E-state index >= 15 is 0 Å². The first-order valence-corrected chi connectivity index (χ1v) is 9.31. The molecule has 0 spiro atoms. The molecule has 2 heteroatoms. The number of nitrogens with zero attached hydrogens (tertiary/aromatic N) is 2. The molecule has 0 unspecified atom stereocenters. The number of rotatable bonds is 9. The fourth-order valence-corrected chi connectivity index (χ4v) is 3.21. The van der Waals surface area contributed by atoms with Crippen molar-refractivity contribution >= 4 is 0 Å². The number of unbranched alkanes of at least 4 members (excludes halogenated alkanes) is 2. The van der Waals surface area contributed by atoms with Gasteiger partial charge in [0.2, 0.25) is 0 Å². The summed E-state index contributed by atoms with van der Waals surface area (Å²) in [5.41, 5.74) is 0.509. The minimum absolute atomic E-state index is 0.509. The summed E-state index contributed by atoms with van der Waals surface area (Å²) in [6.07, 6.45) is 9.91. The van der Waals surface area contributed by atoms with Crippen LogP contribution in [0.4, 0.5) is 0 Å². The second-order valence-electron chi connectivity index (χ2n) is 8.37. The zero-order chi connectivity index (χ0) is 15.7. The summed E-state index contributed by atoms with van der Waals surface area (Å²) in [5.74, 6) is 0.966. The second kappa shape index (κ2) is 9.84. The molecule has 0 N–H and O–H groups in total. The Labute approximate surface area is 134 Å². The lowest BCUT2D eigenvalue weighted by Gasteiger charge is -2.32. The highest BCUT2D eigenvalue weighted by atomic mass is 15.2. The molecule has 0 aliphatic carbocycles. The molecule has 1 aliphatic rings. The lowest BCUT2D eigenvalue weighted by atomic mass is 9.84. The predicted molar refractivity (Wildman–Crippen MR) is 94.9 cm³/mol. The molecule has 1 saturated heterocycles. The van der Waals surface area contributed by atoms with Crippen molar-refractivity contribution in [1.29, 1.82) is 0 Å². The monoisotopic (exact) mass is 296 g/mol. The Balaban J connectivity index is 2.01. The Kier molecular flexibility index (Phi) is 8.89. The van der Waals surface area contributed by atoms with Crippen molar-refractivity contribution in [2.75, 3.05) is 39.8 Å². The molecule has 1 atom stereocenters. The fraction of sp³-hybridized carbons (Fsp3) is 1.00. The van der Waals surface area contributed by atoms with E-state index < -0.39 is 0 Å². The Hall–Kier alpha value is -0.0800. The van der Waals surface area contributed by atoms with E-state index in [-0.39, 0.29) is 0 Å². The summed E-state index contributed by atoms with van der Waals surface area (Å²) in [6, 6.07) is 0. The summed E-state index contributed by atoms with van der Waals surface area (Å²) in [7, 11) is 2.24. The van der Waals surface area contributed by atoms with Gasteiger partial charge in [-0.05, 0) is 44.2 Å². The van der Waals surface area contributed by atoms with Gasteiger partial charge in [-0.1, -0.05) is 53.4 Å². The first kappa shape index (κ1) is 19.0. The third kappa shape index (κ3) is 9.52. The minimum atomic E-state index is 0.509. The maximum Gasteiger partial charge on any atom is 0.0110 e. The van der Waals surface area contributed by atoms with Crippen LogP contribution in [0.5, 0.6) is 0 Å². The van der Waals surface area contributed by atoms with Crippen molar-refractivity contribution in [3.05, 3.63) is 0 Å². The van der Waals surface area contributed by atoms with E-state index in [2.05, 4.69) is 44.5 Å². The molecule has 1 aliphatic heterocycles. The Morgan fingerprint density at radius 1 is 0.905 bits per heavy atom. The van der Waals surface area contributed by atoms with E-state index in [1.54, 1.807) is 0 Å². The summed E-state index contributed by atoms with van der Waals surface area (Å²) in [6.45, 7) is 15.9. The average Bonchev–Trinajstić information content (AvgIpc) is 2.43. The molecule has 1 rings (SSSR count). The zero-order valence-electron chi connectivity index (χ0n) is 15.5. The molecule has 0 bridgehead atoms. The molecule has 1 heterocycles. The topological polar surface area (TPSA) is 6.48 Å². The first-order valence-electron chi connectivity index (χ1n) is 9.31. The lowest BCUT2D eigenvalue weighted by Crippen LogP contribution is -2.44. The summed E-state index contributed by atoms with van der Waals surface area (Å²) in [4.78, 5) is 5.09. The van der Waals surface area contributed by atoms with Gasteiger partial charge in [-0.25, -0.2) is 0 Å². The molecule has 0 radical (unpaired) electrons. The van der Waals surface area contributed by atoms with Gasteiger partial charge in [0.05, 0.1) is 0 Å². The number of likely N-dealkylation sites (N-methyl/N-ethyl adjacent to an activating group) is 1. The van der Waals surface area contributed by atoms with Gasteiger partial charge in [-0.3, -0.25) is 0 Å². The highest BCUT2D eigenvalue weighted by molar-refractivity contribution is 4.69. The van der Waals surface area contributed by atoms with Gasteiger partial charge in [0, 0.05) is 26.2 Å². The molecular formula is C19H40N2. The van der Waals surface area contributed by atoms with Crippen molar-refractivity contribution < 1.29 is 0 Å². The first-order chi connectivity index (χ1) is 9.90. The standard InChI is InChI=1S/C19H40N2/c1-6-18(11-12-19(2,3)4)10-8-7-9-13-21-16-14-20(5)15-17-21/h18H,6-17H2,1-5H3/t18-/m0/s1. The maximum absolute atomic E-state index is 2.65. The lowest BCUT2D eigenvalue weighted by molar-refractivity contribution is 0.151. The van der Waals surface area contributed by atoms with Gasteiger partial charge in [0.25, 0.3) is 0 Å². The van der Waals surface area contributed by atoms with Crippen LogP contribution in [0.25, 0.3) is 0 Å². The van der Waals surface area contributed by atoms with E-state index in [4.69, 9.17) is 0 Å². The predicted octanol–water partition coefficient (Wildman–Crippen LogP) is 4.65. The number of hydrogen-bond donors (Lipinski definition) is 0. The number of hydrogen-bond acceptors (Lipinski definition) is 2. The van der Waals surface area contributed by atoms with Crippen LogP contribution in [-0.4, -0.2) is 49.6 Å². The molecule has 0 aromatic heterocycles. The molecule has 126 valence electrons. The zero-order valence-corrected chi connectivity index (χ0v) is 15.5. The highest BCUT2D eigenvalue weighted by Crippen LogP contribution is 2.27.